The number of hydrogen-bond donors (Lipinski definition) is 0. The maximum Gasteiger partial charge on any atom is 0.306 e. The van der Waals surface area contributed by atoms with E-state index >= 15 is 0 Å². The quantitative estimate of drug-likeness (QED) is 0.392. The summed E-state index contributed by atoms with van der Waals surface area (Å²) in [6, 6.07) is 5.26. The maximum absolute atomic E-state index is 13.7. The fourth-order valence-electron chi connectivity index (χ4n) is 4.83. The van der Waals surface area contributed by atoms with Gasteiger partial charge in [0.05, 0.1) is 5.02 Å². The average Bonchev–Trinajstić information content (AvgIpc) is 2.69. The van der Waals surface area contributed by atoms with Crippen LogP contribution in [0.1, 0.15) is 75.7 Å². The molecular weight excluding hydrogens is 363 g/mol. The van der Waals surface area contributed by atoms with Crippen LogP contribution in [-0.4, -0.2) is 12.1 Å². The van der Waals surface area contributed by atoms with Crippen molar-refractivity contribution in [1.82, 2.24) is 0 Å². The van der Waals surface area contributed by atoms with Crippen molar-refractivity contribution in [2.45, 2.75) is 76.2 Å². The fraction of sp³-hybridized carbons (Fsp3) is 0.609. The summed E-state index contributed by atoms with van der Waals surface area (Å²) in [6.07, 6.45) is 12.0. The van der Waals surface area contributed by atoms with Gasteiger partial charge in [-0.25, -0.2) is 4.39 Å². The Morgan fingerprint density at radius 3 is 2.33 bits per heavy atom. The highest BCUT2D eigenvalue weighted by Gasteiger charge is 2.32. The third-order valence-corrected chi connectivity index (χ3v) is 6.73. The van der Waals surface area contributed by atoms with Crippen LogP contribution >= 0.6 is 11.6 Å². The van der Waals surface area contributed by atoms with E-state index in [2.05, 4.69) is 6.58 Å². The first-order valence-electron chi connectivity index (χ1n) is 10.3. The van der Waals surface area contributed by atoms with E-state index in [0.717, 1.165) is 55.9 Å². The van der Waals surface area contributed by atoms with Crippen LogP contribution in [0.4, 0.5) is 4.39 Å². The molecule has 0 unspecified atom stereocenters. The summed E-state index contributed by atoms with van der Waals surface area (Å²) in [6.45, 7) is 3.64. The van der Waals surface area contributed by atoms with Gasteiger partial charge >= 0.3 is 5.97 Å². The Morgan fingerprint density at radius 1 is 1.11 bits per heavy atom. The van der Waals surface area contributed by atoms with Crippen LogP contribution in [0.25, 0.3) is 0 Å². The molecule has 0 spiro atoms. The highest BCUT2D eigenvalue weighted by atomic mass is 35.5. The molecule has 2 saturated carbocycles. The molecule has 2 aliphatic rings. The van der Waals surface area contributed by atoms with Gasteiger partial charge in [-0.2, -0.15) is 0 Å². The van der Waals surface area contributed by atoms with E-state index in [1.165, 1.54) is 12.8 Å². The predicted octanol–water partition coefficient (Wildman–Crippen LogP) is 6.82. The molecule has 2 aliphatic carbocycles. The first-order valence-corrected chi connectivity index (χ1v) is 10.7. The predicted molar refractivity (Wildman–Crippen MR) is 107 cm³/mol. The van der Waals surface area contributed by atoms with Gasteiger partial charge in [-0.05, 0) is 93.2 Å². The summed E-state index contributed by atoms with van der Waals surface area (Å²) in [7, 11) is 0. The SMILES string of the molecule is C=CCCC(=O)O[C@H]1CC[C@H]([C@H]2CC[C@H](c3ccc(Cl)c(F)c3)CC2)CC1. The smallest absolute Gasteiger partial charge is 0.306 e. The molecule has 0 atom stereocenters. The Hall–Kier alpha value is -1.35. The van der Waals surface area contributed by atoms with E-state index in [1.54, 1.807) is 18.2 Å². The standard InChI is InChI=1S/C23H30ClFO2/c1-2-3-4-23(26)27-20-12-9-17(10-13-20)16-5-7-18(8-6-16)19-11-14-21(24)22(25)15-19/h2,11,14-18,20H,1,3-10,12-13H2/t16-,17-,18-,20-. The van der Waals surface area contributed by atoms with Crippen LogP contribution in [0.2, 0.25) is 5.02 Å². The van der Waals surface area contributed by atoms with Crippen LogP contribution < -0.4 is 0 Å². The van der Waals surface area contributed by atoms with Crippen LogP contribution in [0.5, 0.6) is 0 Å². The van der Waals surface area contributed by atoms with Crippen molar-refractivity contribution < 1.29 is 13.9 Å². The van der Waals surface area contributed by atoms with E-state index in [1.807, 2.05) is 6.07 Å². The molecule has 0 amide bonds. The number of allylic oxidation sites excluding steroid dienone is 1. The first-order chi connectivity index (χ1) is 13.1. The summed E-state index contributed by atoms with van der Waals surface area (Å²) >= 11 is 5.80. The first kappa shape index (κ1) is 20.4. The Kier molecular flexibility index (Phi) is 7.34. The van der Waals surface area contributed by atoms with Crippen molar-refractivity contribution in [2.75, 3.05) is 0 Å². The van der Waals surface area contributed by atoms with E-state index in [0.29, 0.717) is 18.8 Å². The topological polar surface area (TPSA) is 26.3 Å². The molecule has 0 N–H and O–H groups in total. The minimum atomic E-state index is -0.308. The van der Waals surface area contributed by atoms with Crippen molar-refractivity contribution >= 4 is 17.6 Å². The van der Waals surface area contributed by atoms with Crippen LogP contribution in [0.15, 0.2) is 30.9 Å². The van der Waals surface area contributed by atoms with Crippen LogP contribution in [0, 0.1) is 17.7 Å². The molecule has 27 heavy (non-hydrogen) atoms. The molecule has 0 aliphatic heterocycles. The van der Waals surface area contributed by atoms with Crippen LogP contribution in [-0.2, 0) is 9.53 Å². The number of benzene rings is 1. The second kappa shape index (κ2) is 9.73. The monoisotopic (exact) mass is 392 g/mol. The largest absolute Gasteiger partial charge is 0.462 e. The molecule has 2 nitrogen and oxygen atoms in total. The summed E-state index contributed by atoms with van der Waals surface area (Å²) in [5.74, 6) is 1.56. The van der Waals surface area contributed by atoms with Gasteiger partial charge in [0, 0.05) is 6.42 Å². The molecule has 0 heterocycles. The second-order valence-corrected chi connectivity index (χ2v) is 8.55. The fourth-order valence-corrected chi connectivity index (χ4v) is 4.95. The zero-order valence-electron chi connectivity index (χ0n) is 16.0. The van der Waals surface area contributed by atoms with Crippen molar-refractivity contribution in [3.63, 3.8) is 0 Å². The Bertz CT molecular complexity index is 644. The summed E-state index contributed by atoms with van der Waals surface area (Å²) < 4.78 is 19.3. The Labute approximate surface area is 167 Å². The summed E-state index contributed by atoms with van der Waals surface area (Å²) in [4.78, 5) is 11.8. The number of hydrogen-bond acceptors (Lipinski definition) is 2. The third kappa shape index (κ3) is 5.57. The van der Waals surface area contributed by atoms with Crippen molar-refractivity contribution in [3.8, 4) is 0 Å². The number of carbonyl (C=O) groups is 1. The number of halogens is 2. The molecular formula is C23H30ClFO2. The van der Waals surface area contributed by atoms with Gasteiger partial charge in [-0.1, -0.05) is 23.7 Å². The molecule has 0 bridgehead atoms. The van der Waals surface area contributed by atoms with Crippen molar-refractivity contribution in [2.24, 2.45) is 11.8 Å². The lowest BCUT2D eigenvalue weighted by molar-refractivity contribution is -0.151. The molecule has 1 aromatic rings. The van der Waals surface area contributed by atoms with Gasteiger partial charge < -0.3 is 4.74 Å². The number of esters is 1. The lowest BCUT2D eigenvalue weighted by Crippen LogP contribution is -2.29. The Balaban J connectivity index is 1.42. The third-order valence-electron chi connectivity index (χ3n) is 6.42. The minimum Gasteiger partial charge on any atom is -0.462 e. The molecule has 1 aromatic carbocycles. The average molecular weight is 393 g/mol. The lowest BCUT2D eigenvalue weighted by atomic mass is 9.69. The highest BCUT2D eigenvalue weighted by molar-refractivity contribution is 6.30. The molecule has 148 valence electrons. The lowest BCUT2D eigenvalue weighted by Gasteiger charge is -2.37. The van der Waals surface area contributed by atoms with Gasteiger partial charge in [0.15, 0.2) is 0 Å². The number of rotatable bonds is 6. The Morgan fingerprint density at radius 2 is 1.74 bits per heavy atom. The number of ether oxygens (including phenoxy) is 1. The van der Waals surface area contributed by atoms with Crippen molar-refractivity contribution in [1.29, 1.82) is 0 Å². The minimum absolute atomic E-state index is 0.0888. The van der Waals surface area contributed by atoms with E-state index in [-0.39, 0.29) is 22.9 Å². The molecule has 2 fully saturated rings. The zero-order chi connectivity index (χ0) is 19.2. The molecule has 4 heteroatoms. The van der Waals surface area contributed by atoms with E-state index in [4.69, 9.17) is 16.3 Å². The molecule has 0 aromatic heterocycles. The van der Waals surface area contributed by atoms with Gasteiger partial charge in [0.1, 0.15) is 11.9 Å². The summed E-state index contributed by atoms with van der Waals surface area (Å²) in [5, 5.41) is 0.203. The molecule has 0 saturated heterocycles. The molecule has 0 radical (unpaired) electrons. The van der Waals surface area contributed by atoms with Crippen LogP contribution in [0.3, 0.4) is 0 Å². The molecule has 3 rings (SSSR count). The van der Waals surface area contributed by atoms with E-state index in [9.17, 15) is 9.18 Å². The van der Waals surface area contributed by atoms with E-state index < -0.39 is 0 Å². The van der Waals surface area contributed by atoms with Crippen molar-refractivity contribution in [3.05, 3.63) is 47.3 Å². The second-order valence-electron chi connectivity index (χ2n) is 8.14. The van der Waals surface area contributed by atoms with Gasteiger partial charge in [0.2, 0.25) is 0 Å². The highest BCUT2D eigenvalue weighted by Crippen LogP contribution is 2.43. The van der Waals surface area contributed by atoms with Gasteiger partial charge in [0.25, 0.3) is 0 Å². The normalized spacial score (nSPS) is 28.5. The van der Waals surface area contributed by atoms with Gasteiger partial charge in [-0.3, -0.25) is 4.79 Å². The number of carbonyl (C=O) groups excluding carboxylic acids is 1. The maximum atomic E-state index is 13.7. The van der Waals surface area contributed by atoms with Gasteiger partial charge in [-0.15, -0.1) is 6.58 Å². The zero-order valence-corrected chi connectivity index (χ0v) is 16.7. The summed E-state index contributed by atoms with van der Waals surface area (Å²) in [5.41, 5.74) is 1.09.